The number of carboxylic acid groups (broad SMARTS) is 2. The molecule has 8 nitrogen and oxygen atoms in total. The Hall–Kier alpha value is -2.45. The largest absolute Gasteiger partial charge is 0.481 e. The number of rotatable bonds is 5. The number of ether oxygens (including phenoxy) is 2. The van der Waals surface area contributed by atoms with Gasteiger partial charge in [-0.25, -0.2) is 0 Å². The molecule has 0 radical (unpaired) electrons. The first kappa shape index (κ1) is 17.6. The minimum absolute atomic E-state index is 0.296. The molecule has 0 aliphatic carbocycles. The minimum atomic E-state index is -1.08. The van der Waals surface area contributed by atoms with Gasteiger partial charge in [-0.15, -0.1) is 0 Å². The van der Waals surface area contributed by atoms with E-state index in [9.17, 15) is 9.59 Å². The number of hydrogen-bond acceptors (Lipinski definition) is 5. The van der Waals surface area contributed by atoms with Crippen LogP contribution in [0.5, 0.6) is 0 Å². The maximum absolute atomic E-state index is 9.64. The van der Waals surface area contributed by atoms with Gasteiger partial charge in [-0.2, -0.15) is 0 Å². The Bertz CT molecular complexity index is 554. The summed E-state index contributed by atoms with van der Waals surface area (Å²) in [5, 5.41) is 26.4. The summed E-state index contributed by atoms with van der Waals surface area (Å²) in [6.45, 7) is 0. The molecular formula is C14H18N2O6. The smallest absolute Gasteiger partial charge is 0.303 e. The molecule has 0 bridgehead atoms. The second kappa shape index (κ2) is 7.53. The lowest BCUT2D eigenvalue weighted by Crippen LogP contribution is -2.42. The zero-order valence-electron chi connectivity index (χ0n) is 12.3. The zero-order valence-corrected chi connectivity index (χ0v) is 12.3. The van der Waals surface area contributed by atoms with Crippen LogP contribution in [0.15, 0.2) is 24.3 Å². The van der Waals surface area contributed by atoms with Gasteiger partial charge in [0.05, 0.1) is 12.8 Å². The fourth-order valence-electron chi connectivity index (χ4n) is 1.91. The summed E-state index contributed by atoms with van der Waals surface area (Å²) < 4.78 is 10.5. The van der Waals surface area contributed by atoms with Crippen molar-refractivity contribution < 1.29 is 29.3 Å². The molecule has 2 rings (SSSR count). The molecule has 0 amide bonds. The van der Waals surface area contributed by atoms with E-state index in [1.807, 2.05) is 24.3 Å². The fraction of sp³-hybridized carbons (Fsp3) is 0.357. The average Bonchev–Trinajstić information content (AvgIpc) is 2.79. The van der Waals surface area contributed by atoms with Crippen LogP contribution < -0.4 is 5.32 Å². The van der Waals surface area contributed by atoms with Crippen molar-refractivity contribution in [2.75, 3.05) is 14.2 Å². The molecule has 1 aliphatic heterocycles. The molecule has 8 heteroatoms. The number of amidine groups is 1. The molecule has 0 unspecified atom stereocenters. The molecule has 1 aromatic carbocycles. The summed E-state index contributed by atoms with van der Waals surface area (Å²) >= 11 is 0. The molecule has 1 aliphatic rings. The van der Waals surface area contributed by atoms with Crippen LogP contribution in [0, 0.1) is 5.41 Å². The van der Waals surface area contributed by atoms with Crippen molar-refractivity contribution in [3.05, 3.63) is 35.4 Å². The Morgan fingerprint density at radius 1 is 1.14 bits per heavy atom. The van der Waals surface area contributed by atoms with Crippen LogP contribution in [0.1, 0.15) is 24.0 Å². The molecule has 0 spiro atoms. The lowest BCUT2D eigenvalue weighted by Gasteiger charge is -2.26. The van der Waals surface area contributed by atoms with Gasteiger partial charge in [-0.3, -0.25) is 15.0 Å². The number of hydrogen-bond donors (Lipinski definition) is 4. The molecule has 0 saturated heterocycles. The number of carboxylic acids is 2. The van der Waals surface area contributed by atoms with Gasteiger partial charge < -0.3 is 25.0 Å². The van der Waals surface area contributed by atoms with Gasteiger partial charge in [0.1, 0.15) is 5.84 Å². The third-order valence-corrected chi connectivity index (χ3v) is 2.97. The predicted octanol–water partition coefficient (Wildman–Crippen LogP) is 0.954. The molecule has 0 fully saturated rings. The number of benzene rings is 1. The highest BCUT2D eigenvalue weighted by Crippen LogP contribution is 2.31. The molecule has 1 aromatic rings. The van der Waals surface area contributed by atoms with Crippen LogP contribution in [0.2, 0.25) is 0 Å². The van der Waals surface area contributed by atoms with E-state index in [2.05, 4.69) is 5.32 Å². The molecule has 4 N–H and O–H groups in total. The monoisotopic (exact) mass is 310 g/mol. The SMILES string of the molecule is COC1(OC)NC(=N)c2ccccc21.O=C(O)CCC(=O)O. The van der Waals surface area contributed by atoms with Gasteiger partial charge >= 0.3 is 11.9 Å². The summed E-state index contributed by atoms with van der Waals surface area (Å²) in [6, 6.07) is 7.53. The predicted molar refractivity (Wildman–Crippen MR) is 76.6 cm³/mol. The minimum Gasteiger partial charge on any atom is -0.481 e. The van der Waals surface area contributed by atoms with Crippen LogP contribution in [0.4, 0.5) is 0 Å². The van der Waals surface area contributed by atoms with E-state index in [4.69, 9.17) is 25.1 Å². The number of carbonyl (C=O) groups is 2. The summed E-state index contributed by atoms with van der Waals surface area (Å²) in [4.78, 5) is 19.3. The Morgan fingerprint density at radius 3 is 2.09 bits per heavy atom. The first-order chi connectivity index (χ1) is 10.4. The molecule has 0 aromatic heterocycles. The highest BCUT2D eigenvalue weighted by atomic mass is 16.7. The maximum atomic E-state index is 9.64. The van der Waals surface area contributed by atoms with Crippen molar-refractivity contribution in [2.24, 2.45) is 0 Å². The Kier molecular flexibility index (Phi) is 6.02. The second-order valence-corrected chi connectivity index (χ2v) is 4.36. The summed E-state index contributed by atoms with van der Waals surface area (Å²) in [6.07, 6.45) is -0.593. The normalized spacial score (nSPS) is 14.4. The van der Waals surface area contributed by atoms with Crippen LogP contribution in [-0.4, -0.2) is 42.2 Å². The van der Waals surface area contributed by atoms with Crippen molar-refractivity contribution >= 4 is 17.8 Å². The van der Waals surface area contributed by atoms with Crippen LogP contribution in [0.25, 0.3) is 0 Å². The Balaban J connectivity index is 0.000000261. The van der Waals surface area contributed by atoms with Gasteiger partial charge in [0, 0.05) is 25.3 Å². The van der Waals surface area contributed by atoms with Crippen molar-refractivity contribution in [3.63, 3.8) is 0 Å². The summed E-state index contributed by atoms with van der Waals surface area (Å²) in [7, 11) is 3.10. The van der Waals surface area contributed by atoms with E-state index >= 15 is 0 Å². The third-order valence-electron chi connectivity index (χ3n) is 2.97. The molecule has 0 atom stereocenters. The van der Waals surface area contributed by atoms with E-state index in [0.29, 0.717) is 5.84 Å². The molecule has 1 heterocycles. The highest BCUT2D eigenvalue weighted by molar-refractivity contribution is 6.01. The van der Waals surface area contributed by atoms with E-state index in [-0.39, 0.29) is 12.8 Å². The van der Waals surface area contributed by atoms with E-state index < -0.39 is 17.8 Å². The van der Waals surface area contributed by atoms with Crippen molar-refractivity contribution in [1.29, 1.82) is 5.41 Å². The lowest BCUT2D eigenvalue weighted by atomic mass is 10.1. The molecular weight excluding hydrogens is 292 g/mol. The quantitative estimate of drug-likeness (QED) is 0.596. The standard InChI is InChI=1S/C10H12N2O2.C4H6O4/c1-13-10(14-2)8-6-4-3-5-7(8)9(11)12-10;5-3(6)1-2-4(7)8/h3-6H,1-2H3,(H2,11,12);1-2H2,(H,5,6)(H,7,8). The zero-order chi connectivity index (χ0) is 16.8. The maximum Gasteiger partial charge on any atom is 0.303 e. The van der Waals surface area contributed by atoms with Gasteiger partial charge in [0.25, 0.3) is 5.91 Å². The molecule has 120 valence electrons. The first-order valence-corrected chi connectivity index (χ1v) is 6.36. The second-order valence-electron chi connectivity index (χ2n) is 4.36. The fourth-order valence-corrected chi connectivity index (χ4v) is 1.91. The van der Waals surface area contributed by atoms with Gasteiger partial charge in [0.2, 0.25) is 0 Å². The van der Waals surface area contributed by atoms with Crippen molar-refractivity contribution in [2.45, 2.75) is 18.8 Å². The third kappa shape index (κ3) is 4.03. The number of nitrogens with one attached hydrogen (secondary N) is 2. The summed E-state index contributed by atoms with van der Waals surface area (Å²) in [5.41, 5.74) is 1.66. The number of aliphatic carboxylic acids is 2. The van der Waals surface area contributed by atoms with E-state index in [1.54, 1.807) is 14.2 Å². The van der Waals surface area contributed by atoms with E-state index in [0.717, 1.165) is 11.1 Å². The average molecular weight is 310 g/mol. The topological polar surface area (TPSA) is 129 Å². The van der Waals surface area contributed by atoms with Gasteiger partial charge in [-0.05, 0) is 0 Å². The highest BCUT2D eigenvalue weighted by Gasteiger charge is 2.41. The molecule has 0 saturated carbocycles. The van der Waals surface area contributed by atoms with Crippen LogP contribution in [0.3, 0.4) is 0 Å². The molecule has 22 heavy (non-hydrogen) atoms. The number of fused-ring (bicyclic) bond motifs is 1. The van der Waals surface area contributed by atoms with Crippen molar-refractivity contribution in [1.82, 2.24) is 5.32 Å². The Labute approximate surface area is 127 Å². The first-order valence-electron chi connectivity index (χ1n) is 6.36. The van der Waals surface area contributed by atoms with E-state index in [1.165, 1.54) is 0 Å². The van der Waals surface area contributed by atoms with Gasteiger partial charge in [0.15, 0.2) is 0 Å². The van der Waals surface area contributed by atoms with Gasteiger partial charge in [-0.1, -0.05) is 24.3 Å². The van der Waals surface area contributed by atoms with Crippen LogP contribution >= 0.6 is 0 Å². The van der Waals surface area contributed by atoms with Crippen LogP contribution in [-0.2, 0) is 25.0 Å². The Morgan fingerprint density at radius 2 is 1.64 bits per heavy atom. The lowest BCUT2D eigenvalue weighted by molar-refractivity contribution is -0.223. The number of methoxy groups -OCH3 is 2. The summed E-state index contributed by atoms with van der Waals surface area (Å²) in [5.74, 6) is -2.82. The van der Waals surface area contributed by atoms with Crippen molar-refractivity contribution in [3.8, 4) is 0 Å².